The van der Waals surface area contributed by atoms with Crippen molar-refractivity contribution in [2.24, 2.45) is 5.92 Å². The van der Waals surface area contributed by atoms with Crippen molar-refractivity contribution in [3.8, 4) is 5.75 Å². The molecule has 22 heavy (non-hydrogen) atoms. The SMILES string of the molecule is O=C(O)CCNC(=O)[C@H]1C[C@H]1c1ccccc1OC(F)(F)F. The summed E-state index contributed by atoms with van der Waals surface area (Å²) in [7, 11) is 0. The highest BCUT2D eigenvalue weighted by Gasteiger charge is 2.46. The molecule has 0 aromatic heterocycles. The molecule has 0 unspecified atom stereocenters. The molecular weight excluding hydrogens is 303 g/mol. The van der Waals surface area contributed by atoms with Gasteiger partial charge in [0.05, 0.1) is 6.42 Å². The first-order chi connectivity index (χ1) is 10.3. The van der Waals surface area contributed by atoms with Crippen LogP contribution in [-0.2, 0) is 9.59 Å². The van der Waals surface area contributed by atoms with E-state index in [4.69, 9.17) is 5.11 Å². The van der Waals surface area contributed by atoms with Gasteiger partial charge in [-0.2, -0.15) is 0 Å². The number of halogens is 3. The molecule has 0 spiro atoms. The molecule has 1 aliphatic rings. The standard InChI is InChI=1S/C14H14F3NO4/c15-14(16,17)22-11-4-2-1-3-8(11)9-7-10(9)13(21)18-6-5-12(19)20/h1-4,9-10H,5-7H2,(H,18,21)(H,19,20)/t9-,10-/m0/s1. The molecule has 8 heteroatoms. The van der Waals surface area contributed by atoms with E-state index in [2.05, 4.69) is 10.1 Å². The average molecular weight is 317 g/mol. The maximum absolute atomic E-state index is 12.3. The predicted molar refractivity (Wildman–Crippen MR) is 69.2 cm³/mol. The molecule has 0 radical (unpaired) electrons. The minimum Gasteiger partial charge on any atom is -0.481 e. The molecular formula is C14H14F3NO4. The minimum absolute atomic E-state index is 0.00190. The number of nitrogens with one attached hydrogen (secondary N) is 1. The van der Waals surface area contributed by atoms with Crippen molar-refractivity contribution in [3.05, 3.63) is 29.8 Å². The highest BCUT2D eigenvalue weighted by molar-refractivity contribution is 5.83. The molecule has 0 heterocycles. The molecule has 1 amide bonds. The fourth-order valence-electron chi connectivity index (χ4n) is 2.26. The van der Waals surface area contributed by atoms with Crippen LogP contribution in [0.1, 0.15) is 24.3 Å². The molecule has 1 aromatic rings. The van der Waals surface area contributed by atoms with Crippen LogP contribution in [0.5, 0.6) is 5.75 Å². The predicted octanol–water partition coefficient (Wildman–Crippen LogP) is 2.28. The van der Waals surface area contributed by atoms with Gasteiger partial charge >= 0.3 is 12.3 Å². The van der Waals surface area contributed by atoms with E-state index in [1.54, 1.807) is 6.07 Å². The van der Waals surface area contributed by atoms with Crippen molar-refractivity contribution >= 4 is 11.9 Å². The number of ether oxygens (including phenoxy) is 1. The highest BCUT2D eigenvalue weighted by atomic mass is 19.4. The molecule has 2 atom stereocenters. The summed E-state index contributed by atoms with van der Waals surface area (Å²) in [6, 6.07) is 5.71. The molecule has 1 saturated carbocycles. The van der Waals surface area contributed by atoms with Gasteiger partial charge in [0, 0.05) is 12.5 Å². The van der Waals surface area contributed by atoms with Gasteiger partial charge in [0.15, 0.2) is 0 Å². The third-order valence-electron chi connectivity index (χ3n) is 3.31. The van der Waals surface area contributed by atoms with Crippen LogP contribution in [0.25, 0.3) is 0 Å². The normalized spacial score (nSPS) is 20.3. The van der Waals surface area contributed by atoms with Gasteiger partial charge in [-0.05, 0) is 24.0 Å². The lowest BCUT2D eigenvalue weighted by Crippen LogP contribution is -2.27. The van der Waals surface area contributed by atoms with Crippen LogP contribution >= 0.6 is 0 Å². The second-order valence-corrected chi connectivity index (χ2v) is 4.97. The molecule has 120 valence electrons. The van der Waals surface area contributed by atoms with Crippen molar-refractivity contribution in [1.82, 2.24) is 5.32 Å². The van der Waals surface area contributed by atoms with Gasteiger partial charge in [-0.25, -0.2) is 0 Å². The van der Waals surface area contributed by atoms with Gasteiger partial charge in [0.2, 0.25) is 5.91 Å². The summed E-state index contributed by atoms with van der Waals surface area (Å²) in [5.41, 5.74) is 0.332. The molecule has 1 aliphatic carbocycles. The summed E-state index contributed by atoms with van der Waals surface area (Å²) in [6.07, 6.45) is -4.57. The molecule has 5 nitrogen and oxygen atoms in total. The lowest BCUT2D eigenvalue weighted by atomic mass is 10.1. The Morgan fingerprint density at radius 1 is 1.32 bits per heavy atom. The lowest BCUT2D eigenvalue weighted by molar-refractivity contribution is -0.274. The molecule has 2 rings (SSSR count). The second-order valence-electron chi connectivity index (χ2n) is 4.97. The maximum atomic E-state index is 12.3. The summed E-state index contributed by atoms with van der Waals surface area (Å²) >= 11 is 0. The van der Waals surface area contributed by atoms with E-state index < -0.39 is 18.2 Å². The molecule has 0 saturated heterocycles. The molecule has 0 bridgehead atoms. The zero-order valence-electron chi connectivity index (χ0n) is 11.4. The number of hydrogen-bond donors (Lipinski definition) is 2. The van der Waals surface area contributed by atoms with E-state index in [1.165, 1.54) is 18.2 Å². The van der Waals surface area contributed by atoms with Crippen LogP contribution in [0.4, 0.5) is 13.2 Å². The Labute approximate surface area is 124 Å². The topological polar surface area (TPSA) is 75.6 Å². The van der Waals surface area contributed by atoms with Crippen LogP contribution in [0, 0.1) is 5.92 Å². The van der Waals surface area contributed by atoms with Gasteiger partial charge in [-0.15, -0.1) is 13.2 Å². The Balaban J connectivity index is 1.97. The van der Waals surface area contributed by atoms with Crippen LogP contribution in [-0.4, -0.2) is 29.9 Å². The smallest absolute Gasteiger partial charge is 0.481 e. The number of alkyl halides is 3. The number of amides is 1. The van der Waals surface area contributed by atoms with Crippen LogP contribution in [0.2, 0.25) is 0 Å². The Bertz CT molecular complexity index is 573. The minimum atomic E-state index is -4.79. The number of carboxylic acids is 1. The first-order valence-electron chi connectivity index (χ1n) is 6.62. The van der Waals surface area contributed by atoms with Crippen molar-refractivity contribution in [2.45, 2.75) is 25.1 Å². The Morgan fingerprint density at radius 3 is 2.64 bits per heavy atom. The first-order valence-corrected chi connectivity index (χ1v) is 6.62. The number of rotatable bonds is 6. The zero-order chi connectivity index (χ0) is 16.3. The van der Waals surface area contributed by atoms with Crippen LogP contribution in [0.15, 0.2) is 24.3 Å². The number of hydrogen-bond acceptors (Lipinski definition) is 3. The van der Waals surface area contributed by atoms with Crippen molar-refractivity contribution in [3.63, 3.8) is 0 Å². The summed E-state index contributed by atoms with van der Waals surface area (Å²) < 4.78 is 41.0. The number of para-hydroxylation sites is 1. The number of aliphatic carboxylic acids is 1. The van der Waals surface area contributed by atoms with Crippen molar-refractivity contribution < 1.29 is 32.6 Å². The van der Waals surface area contributed by atoms with Gasteiger partial charge < -0.3 is 15.2 Å². The summed E-state index contributed by atoms with van der Waals surface area (Å²) in [4.78, 5) is 22.2. The molecule has 1 fully saturated rings. The van der Waals surface area contributed by atoms with Gasteiger partial charge in [-0.1, -0.05) is 18.2 Å². The quantitative estimate of drug-likeness (QED) is 0.844. The largest absolute Gasteiger partial charge is 0.573 e. The van der Waals surface area contributed by atoms with Crippen molar-refractivity contribution in [1.29, 1.82) is 0 Å². The lowest BCUT2D eigenvalue weighted by Gasteiger charge is -2.13. The zero-order valence-corrected chi connectivity index (χ0v) is 11.4. The van der Waals surface area contributed by atoms with Gasteiger partial charge in [0.1, 0.15) is 5.75 Å². The van der Waals surface area contributed by atoms with E-state index in [0.717, 1.165) is 0 Å². The first kappa shape index (κ1) is 16.1. The fourth-order valence-corrected chi connectivity index (χ4v) is 2.26. The second kappa shape index (κ2) is 6.25. The molecule has 0 aliphatic heterocycles. The Hall–Kier alpha value is -2.25. The monoisotopic (exact) mass is 317 g/mol. The van der Waals surface area contributed by atoms with Crippen LogP contribution in [0.3, 0.4) is 0 Å². The maximum Gasteiger partial charge on any atom is 0.573 e. The van der Waals surface area contributed by atoms with E-state index >= 15 is 0 Å². The van der Waals surface area contributed by atoms with E-state index in [9.17, 15) is 22.8 Å². The van der Waals surface area contributed by atoms with E-state index in [-0.39, 0.29) is 30.5 Å². The van der Waals surface area contributed by atoms with Gasteiger partial charge in [-0.3, -0.25) is 9.59 Å². The van der Waals surface area contributed by atoms with E-state index in [1.807, 2.05) is 0 Å². The summed E-state index contributed by atoms with van der Waals surface area (Å²) in [6.45, 7) is -0.00190. The third kappa shape index (κ3) is 4.37. The van der Waals surface area contributed by atoms with Crippen LogP contribution < -0.4 is 10.1 Å². The number of carbonyl (C=O) groups is 2. The Morgan fingerprint density at radius 2 is 2.00 bits per heavy atom. The fraction of sp³-hybridized carbons (Fsp3) is 0.429. The average Bonchev–Trinajstić information content (AvgIpc) is 3.17. The number of carbonyl (C=O) groups excluding carboxylic acids is 1. The van der Waals surface area contributed by atoms with Gasteiger partial charge in [0.25, 0.3) is 0 Å². The van der Waals surface area contributed by atoms with E-state index in [0.29, 0.717) is 12.0 Å². The number of carboxylic acid groups (broad SMARTS) is 1. The summed E-state index contributed by atoms with van der Waals surface area (Å²) in [5, 5.41) is 10.9. The Kier molecular flexibility index (Phi) is 4.58. The number of benzene rings is 1. The van der Waals surface area contributed by atoms with Crippen molar-refractivity contribution in [2.75, 3.05) is 6.54 Å². The third-order valence-corrected chi connectivity index (χ3v) is 3.31. The highest BCUT2D eigenvalue weighted by Crippen LogP contribution is 2.50. The summed E-state index contributed by atoms with van der Waals surface area (Å²) in [5.74, 6) is -2.49. The molecule has 2 N–H and O–H groups in total. The molecule has 1 aromatic carbocycles.